The first-order valence-electron chi connectivity index (χ1n) is 9.66. The van der Waals surface area contributed by atoms with Gasteiger partial charge in [0, 0.05) is 24.5 Å². The molecule has 5 nitrogen and oxygen atoms in total. The van der Waals surface area contributed by atoms with Gasteiger partial charge in [0.25, 0.3) is 0 Å². The Labute approximate surface area is 162 Å². The Balaban J connectivity index is 1.77. The van der Waals surface area contributed by atoms with E-state index in [-0.39, 0.29) is 6.03 Å². The molecule has 2 aromatic carbocycles. The van der Waals surface area contributed by atoms with Crippen LogP contribution in [0.15, 0.2) is 48.5 Å². The van der Waals surface area contributed by atoms with Gasteiger partial charge in [-0.3, -0.25) is 0 Å². The van der Waals surface area contributed by atoms with Crippen LogP contribution in [0.5, 0.6) is 5.75 Å². The van der Waals surface area contributed by atoms with Crippen LogP contribution in [0.4, 0.5) is 16.2 Å². The zero-order valence-electron chi connectivity index (χ0n) is 16.8. The Hall–Kier alpha value is -2.69. The van der Waals surface area contributed by atoms with E-state index >= 15 is 0 Å². The maximum atomic E-state index is 12.0. The van der Waals surface area contributed by atoms with Crippen LogP contribution in [-0.2, 0) is 0 Å². The third-order valence-corrected chi connectivity index (χ3v) is 4.44. The number of hydrogen-bond acceptors (Lipinski definition) is 3. The molecule has 0 fully saturated rings. The first-order valence-corrected chi connectivity index (χ1v) is 9.66. The van der Waals surface area contributed by atoms with Gasteiger partial charge in [-0.1, -0.05) is 32.0 Å². The molecule has 0 unspecified atom stereocenters. The summed E-state index contributed by atoms with van der Waals surface area (Å²) in [6.07, 6.45) is 0. The van der Waals surface area contributed by atoms with Crippen molar-refractivity contribution in [1.82, 2.24) is 5.32 Å². The number of nitrogens with one attached hydrogen (secondary N) is 2. The third kappa shape index (κ3) is 6.20. The van der Waals surface area contributed by atoms with Gasteiger partial charge in [-0.2, -0.15) is 0 Å². The summed E-state index contributed by atoms with van der Waals surface area (Å²) in [4.78, 5) is 14.3. The van der Waals surface area contributed by atoms with E-state index in [1.807, 2.05) is 42.5 Å². The van der Waals surface area contributed by atoms with Crippen molar-refractivity contribution < 1.29 is 9.53 Å². The van der Waals surface area contributed by atoms with Crippen molar-refractivity contribution in [2.45, 2.75) is 33.6 Å². The van der Waals surface area contributed by atoms with Crippen molar-refractivity contribution in [3.05, 3.63) is 54.1 Å². The number of amides is 2. The van der Waals surface area contributed by atoms with E-state index in [0.29, 0.717) is 19.1 Å². The van der Waals surface area contributed by atoms with Crippen LogP contribution in [0, 0.1) is 0 Å². The minimum absolute atomic E-state index is 0.230. The second-order valence-corrected chi connectivity index (χ2v) is 6.64. The van der Waals surface area contributed by atoms with Crippen molar-refractivity contribution in [2.75, 3.05) is 36.5 Å². The van der Waals surface area contributed by atoms with Crippen LogP contribution in [0.3, 0.4) is 0 Å². The summed E-state index contributed by atoms with van der Waals surface area (Å²) in [6, 6.07) is 15.7. The van der Waals surface area contributed by atoms with Crippen LogP contribution < -0.4 is 20.3 Å². The van der Waals surface area contributed by atoms with Crippen LogP contribution >= 0.6 is 0 Å². The van der Waals surface area contributed by atoms with Gasteiger partial charge in [-0.25, -0.2) is 4.79 Å². The summed E-state index contributed by atoms with van der Waals surface area (Å²) in [5.74, 6) is 1.28. The van der Waals surface area contributed by atoms with Crippen LogP contribution in [0.1, 0.15) is 39.2 Å². The number of carbonyl (C=O) groups is 1. The number of ether oxygens (including phenoxy) is 1. The molecule has 0 saturated carbocycles. The second kappa shape index (κ2) is 10.5. The van der Waals surface area contributed by atoms with Gasteiger partial charge in [0.1, 0.15) is 12.4 Å². The summed E-state index contributed by atoms with van der Waals surface area (Å²) >= 11 is 0. The highest BCUT2D eigenvalue weighted by molar-refractivity contribution is 5.89. The molecule has 0 aromatic heterocycles. The molecule has 5 heteroatoms. The third-order valence-electron chi connectivity index (χ3n) is 4.44. The van der Waals surface area contributed by atoms with Gasteiger partial charge >= 0.3 is 6.03 Å². The fourth-order valence-corrected chi connectivity index (χ4v) is 2.93. The van der Waals surface area contributed by atoms with E-state index in [1.165, 1.54) is 5.56 Å². The predicted octanol–water partition coefficient (Wildman–Crippen LogP) is 4.86. The Morgan fingerprint density at radius 3 is 2.33 bits per heavy atom. The average Bonchev–Trinajstić information content (AvgIpc) is 2.67. The van der Waals surface area contributed by atoms with Gasteiger partial charge in [0.05, 0.1) is 6.54 Å². The maximum absolute atomic E-state index is 12.0. The molecule has 2 aromatic rings. The van der Waals surface area contributed by atoms with Crippen LogP contribution in [-0.4, -0.2) is 32.3 Å². The number of carbonyl (C=O) groups excluding carboxylic acids is 1. The fraction of sp³-hybridized carbons (Fsp3) is 0.409. The molecule has 27 heavy (non-hydrogen) atoms. The average molecular weight is 370 g/mol. The molecule has 0 spiro atoms. The van der Waals surface area contributed by atoms with E-state index in [9.17, 15) is 4.79 Å². The number of hydrogen-bond donors (Lipinski definition) is 2. The highest BCUT2D eigenvalue weighted by Crippen LogP contribution is 2.25. The summed E-state index contributed by atoms with van der Waals surface area (Å²) in [6.45, 7) is 11.3. The lowest BCUT2D eigenvalue weighted by Crippen LogP contribution is -2.32. The summed E-state index contributed by atoms with van der Waals surface area (Å²) in [5.41, 5.74) is 3.10. The summed E-state index contributed by atoms with van der Waals surface area (Å²) in [7, 11) is 0. The highest BCUT2D eigenvalue weighted by atomic mass is 16.5. The molecule has 2 rings (SSSR count). The zero-order valence-corrected chi connectivity index (χ0v) is 16.8. The summed E-state index contributed by atoms with van der Waals surface area (Å²) in [5, 5.41) is 5.67. The van der Waals surface area contributed by atoms with Gasteiger partial charge < -0.3 is 20.3 Å². The first kappa shape index (κ1) is 20.6. The Morgan fingerprint density at radius 2 is 1.70 bits per heavy atom. The smallest absolute Gasteiger partial charge is 0.319 e. The molecule has 0 atom stereocenters. The van der Waals surface area contributed by atoms with Crippen molar-refractivity contribution in [1.29, 1.82) is 0 Å². The Morgan fingerprint density at radius 1 is 1.04 bits per heavy atom. The molecular weight excluding hydrogens is 338 g/mol. The van der Waals surface area contributed by atoms with Crippen LogP contribution in [0.2, 0.25) is 0 Å². The van der Waals surface area contributed by atoms with Crippen molar-refractivity contribution in [3.63, 3.8) is 0 Å². The lowest BCUT2D eigenvalue weighted by Gasteiger charge is -2.21. The molecule has 2 N–H and O–H groups in total. The molecule has 0 heterocycles. The number of urea groups is 1. The number of benzene rings is 2. The maximum Gasteiger partial charge on any atom is 0.319 e. The van der Waals surface area contributed by atoms with Gasteiger partial charge in [-0.05, 0) is 55.7 Å². The standard InChI is InChI=1S/C22H31N3O2/c1-5-25(6-2)19-13-11-18(12-14-19)24-22(26)23-15-16-27-21-10-8-7-9-20(21)17(3)4/h7-14,17H,5-6,15-16H2,1-4H3,(H2,23,24,26). The van der Waals surface area contributed by atoms with Crippen molar-refractivity contribution in [2.24, 2.45) is 0 Å². The van der Waals surface area contributed by atoms with Gasteiger partial charge in [0.15, 0.2) is 0 Å². The fourth-order valence-electron chi connectivity index (χ4n) is 2.93. The zero-order chi connectivity index (χ0) is 19.6. The monoisotopic (exact) mass is 369 g/mol. The van der Waals surface area contributed by atoms with E-state index < -0.39 is 0 Å². The van der Waals surface area contributed by atoms with Crippen molar-refractivity contribution >= 4 is 17.4 Å². The largest absolute Gasteiger partial charge is 0.491 e. The first-order chi connectivity index (χ1) is 13.0. The normalized spacial score (nSPS) is 10.6. The number of rotatable bonds is 9. The lowest BCUT2D eigenvalue weighted by molar-refractivity contribution is 0.247. The summed E-state index contributed by atoms with van der Waals surface area (Å²) < 4.78 is 5.82. The predicted molar refractivity (Wildman–Crippen MR) is 113 cm³/mol. The molecule has 0 saturated heterocycles. The van der Waals surface area contributed by atoms with E-state index in [4.69, 9.17) is 4.74 Å². The topological polar surface area (TPSA) is 53.6 Å². The molecular formula is C22H31N3O2. The second-order valence-electron chi connectivity index (χ2n) is 6.64. The molecule has 0 radical (unpaired) electrons. The quantitative estimate of drug-likeness (QED) is 0.621. The molecule has 0 bridgehead atoms. The highest BCUT2D eigenvalue weighted by Gasteiger charge is 2.07. The SMILES string of the molecule is CCN(CC)c1ccc(NC(=O)NCCOc2ccccc2C(C)C)cc1. The minimum atomic E-state index is -0.230. The minimum Gasteiger partial charge on any atom is -0.491 e. The van der Waals surface area contributed by atoms with E-state index in [2.05, 4.69) is 49.3 Å². The lowest BCUT2D eigenvalue weighted by atomic mass is 10.0. The molecule has 0 aliphatic carbocycles. The van der Waals surface area contributed by atoms with E-state index in [0.717, 1.165) is 30.2 Å². The van der Waals surface area contributed by atoms with Gasteiger partial charge in [-0.15, -0.1) is 0 Å². The number of nitrogens with zero attached hydrogens (tertiary/aromatic N) is 1. The Bertz CT molecular complexity index is 710. The number of para-hydroxylation sites is 1. The van der Waals surface area contributed by atoms with Crippen LogP contribution in [0.25, 0.3) is 0 Å². The Kier molecular flexibility index (Phi) is 7.99. The van der Waals surface area contributed by atoms with E-state index in [1.54, 1.807) is 0 Å². The molecule has 2 amide bonds. The molecule has 0 aliphatic heterocycles. The number of anilines is 2. The molecule has 0 aliphatic rings. The van der Waals surface area contributed by atoms with Crippen molar-refractivity contribution in [3.8, 4) is 5.75 Å². The molecule has 146 valence electrons. The van der Waals surface area contributed by atoms with Gasteiger partial charge in [0.2, 0.25) is 0 Å².